The van der Waals surface area contributed by atoms with Crippen LogP contribution >= 0.6 is 11.6 Å². The molecular formula is C8H5ClN2O. The third-order valence-corrected chi connectivity index (χ3v) is 1.92. The molecule has 60 valence electrons. The molecule has 2 aromatic heterocycles. The predicted molar refractivity (Wildman–Crippen MR) is 47.4 cm³/mol. The minimum atomic E-state index is -0.0481. The Morgan fingerprint density at radius 1 is 1.42 bits per heavy atom. The molecule has 0 amide bonds. The van der Waals surface area contributed by atoms with Crippen molar-refractivity contribution in [2.45, 2.75) is 0 Å². The number of hydrogen-bond donors (Lipinski definition) is 1. The molecule has 12 heavy (non-hydrogen) atoms. The number of H-pyrrole nitrogens is 1. The highest BCUT2D eigenvalue weighted by molar-refractivity contribution is 6.33. The topological polar surface area (TPSA) is 45.8 Å². The zero-order chi connectivity index (χ0) is 8.55. The van der Waals surface area contributed by atoms with Gasteiger partial charge in [-0.25, -0.2) is 4.98 Å². The minimum Gasteiger partial charge on any atom is -0.358 e. The van der Waals surface area contributed by atoms with Gasteiger partial charge >= 0.3 is 0 Å². The van der Waals surface area contributed by atoms with Gasteiger partial charge in [-0.2, -0.15) is 0 Å². The van der Waals surface area contributed by atoms with E-state index in [1.54, 1.807) is 12.3 Å². The van der Waals surface area contributed by atoms with Gasteiger partial charge < -0.3 is 4.98 Å². The van der Waals surface area contributed by atoms with E-state index >= 15 is 0 Å². The number of rotatable bonds is 0. The van der Waals surface area contributed by atoms with Crippen LogP contribution in [0.5, 0.6) is 0 Å². The van der Waals surface area contributed by atoms with Crippen molar-refractivity contribution in [1.82, 2.24) is 9.97 Å². The van der Waals surface area contributed by atoms with Crippen LogP contribution in [0.3, 0.4) is 0 Å². The minimum absolute atomic E-state index is 0.0481. The van der Waals surface area contributed by atoms with E-state index < -0.39 is 0 Å². The highest BCUT2D eigenvalue weighted by Gasteiger charge is 2.00. The van der Waals surface area contributed by atoms with Crippen LogP contribution in [0.2, 0.25) is 5.15 Å². The summed E-state index contributed by atoms with van der Waals surface area (Å²) in [5, 5.41) is 0.891. The molecule has 2 heterocycles. The predicted octanol–water partition coefficient (Wildman–Crippen LogP) is 1.58. The summed E-state index contributed by atoms with van der Waals surface area (Å²) >= 11 is 5.75. The zero-order valence-electron chi connectivity index (χ0n) is 6.04. The Balaban J connectivity index is 3.05. The quantitative estimate of drug-likeness (QED) is 0.626. The molecule has 4 heteroatoms. The van der Waals surface area contributed by atoms with Gasteiger partial charge in [0.05, 0.1) is 10.9 Å². The van der Waals surface area contributed by atoms with Crippen molar-refractivity contribution in [1.29, 1.82) is 0 Å². The average molecular weight is 181 g/mol. The normalized spacial score (nSPS) is 10.4. The smallest absolute Gasteiger partial charge is 0.189 e. The van der Waals surface area contributed by atoms with Crippen molar-refractivity contribution < 1.29 is 0 Å². The maximum absolute atomic E-state index is 11.2. The van der Waals surface area contributed by atoms with Gasteiger partial charge in [-0.1, -0.05) is 11.6 Å². The Labute approximate surface area is 73.0 Å². The largest absolute Gasteiger partial charge is 0.358 e. The van der Waals surface area contributed by atoms with Crippen LogP contribution in [-0.4, -0.2) is 9.97 Å². The number of aromatic amines is 1. The van der Waals surface area contributed by atoms with Crippen molar-refractivity contribution in [3.05, 3.63) is 39.9 Å². The number of fused-ring (bicyclic) bond motifs is 1. The molecule has 0 aliphatic carbocycles. The standard InChI is InChI=1S/C8H5ClN2O/c9-8-7-5(1-3-11-8)6(12)2-4-10-7/h1-4H,(H,10,12). The van der Waals surface area contributed by atoms with Gasteiger partial charge in [0.25, 0.3) is 0 Å². The number of hydrogen-bond acceptors (Lipinski definition) is 2. The van der Waals surface area contributed by atoms with Gasteiger partial charge in [-0.3, -0.25) is 4.79 Å². The lowest BCUT2D eigenvalue weighted by atomic mass is 10.2. The van der Waals surface area contributed by atoms with Crippen LogP contribution in [0.4, 0.5) is 0 Å². The van der Waals surface area contributed by atoms with Crippen LogP contribution in [0.25, 0.3) is 10.9 Å². The monoisotopic (exact) mass is 180 g/mol. The molecule has 0 fully saturated rings. The second-order valence-corrected chi connectivity index (χ2v) is 2.72. The van der Waals surface area contributed by atoms with E-state index in [2.05, 4.69) is 9.97 Å². The van der Waals surface area contributed by atoms with Gasteiger partial charge in [0.15, 0.2) is 10.6 Å². The van der Waals surface area contributed by atoms with Gasteiger partial charge in [-0.15, -0.1) is 0 Å². The first-order valence-corrected chi connectivity index (χ1v) is 3.79. The van der Waals surface area contributed by atoms with Gasteiger partial charge in [0.1, 0.15) is 0 Å². The average Bonchev–Trinajstić information content (AvgIpc) is 2.07. The van der Waals surface area contributed by atoms with Crippen LogP contribution in [0.15, 0.2) is 29.3 Å². The van der Waals surface area contributed by atoms with E-state index in [0.717, 1.165) is 0 Å². The summed E-state index contributed by atoms with van der Waals surface area (Å²) in [6.07, 6.45) is 3.07. The molecule has 0 aliphatic heterocycles. The van der Waals surface area contributed by atoms with E-state index in [4.69, 9.17) is 11.6 Å². The maximum Gasteiger partial charge on any atom is 0.189 e. The molecule has 2 aromatic rings. The lowest BCUT2D eigenvalue weighted by Crippen LogP contribution is -2.00. The summed E-state index contributed by atoms with van der Waals surface area (Å²) in [7, 11) is 0. The molecule has 0 radical (unpaired) electrons. The lowest BCUT2D eigenvalue weighted by molar-refractivity contribution is 1.30. The van der Waals surface area contributed by atoms with Crippen molar-refractivity contribution in [3.63, 3.8) is 0 Å². The summed E-state index contributed by atoms with van der Waals surface area (Å²) in [5.74, 6) is 0. The van der Waals surface area contributed by atoms with Crippen molar-refractivity contribution in [2.24, 2.45) is 0 Å². The fraction of sp³-hybridized carbons (Fsp3) is 0. The number of nitrogens with one attached hydrogen (secondary N) is 1. The summed E-state index contributed by atoms with van der Waals surface area (Å²) in [5.41, 5.74) is 0.541. The van der Waals surface area contributed by atoms with Gasteiger partial charge in [0.2, 0.25) is 0 Å². The van der Waals surface area contributed by atoms with Gasteiger partial charge in [0, 0.05) is 18.5 Å². The molecule has 0 atom stereocenters. The number of aromatic nitrogens is 2. The molecule has 2 rings (SSSR count). The second kappa shape index (κ2) is 2.60. The van der Waals surface area contributed by atoms with Crippen LogP contribution in [-0.2, 0) is 0 Å². The number of halogens is 1. The Morgan fingerprint density at radius 2 is 2.25 bits per heavy atom. The molecule has 0 saturated heterocycles. The molecule has 3 nitrogen and oxygen atoms in total. The van der Waals surface area contributed by atoms with Crippen LogP contribution in [0.1, 0.15) is 0 Å². The maximum atomic E-state index is 11.2. The summed E-state index contributed by atoms with van der Waals surface area (Å²) < 4.78 is 0. The van der Waals surface area contributed by atoms with Gasteiger partial charge in [-0.05, 0) is 6.07 Å². The first kappa shape index (κ1) is 7.31. The van der Waals surface area contributed by atoms with E-state index in [1.165, 1.54) is 12.3 Å². The molecule has 0 unspecified atom stereocenters. The molecule has 0 bridgehead atoms. The Bertz CT molecular complexity index is 478. The van der Waals surface area contributed by atoms with E-state index in [9.17, 15) is 4.79 Å². The fourth-order valence-electron chi connectivity index (χ4n) is 1.07. The van der Waals surface area contributed by atoms with E-state index in [1.807, 2.05) is 0 Å². The summed E-state index contributed by atoms with van der Waals surface area (Å²) in [6.45, 7) is 0. The van der Waals surface area contributed by atoms with Crippen molar-refractivity contribution >= 4 is 22.5 Å². The molecule has 0 aliphatic rings. The third-order valence-electron chi connectivity index (χ3n) is 1.63. The molecule has 0 spiro atoms. The highest BCUT2D eigenvalue weighted by Crippen LogP contribution is 2.14. The van der Waals surface area contributed by atoms with Crippen molar-refractivity contribution in [2.75, 3.05) is 0 Å². The molecular weight excluding hydrogens is 176 g/mol. The first-order chi connectivity index (χ1) is 5.79. The van der Waals surface area contributed by atoms with Crippen LogP contribution < -0.4 is 5.43 Å². The molecule has 0 aromatic carbocycles. The third kappa shape index (κ3) is 0.987. The zero-order valence-corrected chi connectivity index (χ0v) is 6.80. The number of nitrogens with zero attached hydrogens (tertiary/aromatic N) is 1. The highest BCUT2D eigenvalue weighted by atomic mass is 35.5. The Kier molecular flexibility index (Phi) is 1.59. The molecule has 1 N–H and O–H groups in total. The van der Waals surface area contributed by atoms with E-state index in [-0.39, 0.29) is 5.43 Å². The summed E-state index contributed by atoms with van der Waals surface area (Å²) in [4.78, 5) is 17.9. The van der Waals surface area contributed by atoms with Crippen molar-refractivity contribution in [3.8, 4) is 0 Å². The lowest BCUT2D eigenvalue weighted by Gasteiger charge is -1.96. The fourth-order valence-corrected chi connectivity index (χ4v) is 1.28. The van der Waals surface area contributed by atoms with E-state index in [0.29, 0.717) is 16.1 Å². The Morgan fingerprint density at radius 3 is 3.00 bits per heavy atom. The second-order valence-electron chi connectivity index (χ2n) is 2.37. The van der Waals surface area contributed by atoms with Crippen LogP contribution in [0, 0.1) is 0 Å². The summed E-state index contributed by atoms with van der Waals surface area (Å²) in [6, 6.07) is 3.10. The first-order valence-electron chi connectivity index (χ1n) is 3.41. The Hall–Kier alpha value is -1.35. The SMILES string of the molecule is O=c1cc[nH]c2c(Cl)nccc12. The number of pyridine rings is 2. The molecule has 0 saturated carbocycles.